The summed E-state index contributed by atoms with van der Waals surface area (Å²) in [6, 6.07) is 9.28. The number of hydrogen-bond donors (Lipinski definition) is 0. The molecule has 0 radical (unpaired) electrons. The summed E-state index contributed by atoms with van der Waals surface area (Å²) in [5, 5.41) is 0.348. The molecule has 4 nitrogen and oxygen atoms in total. The van der Waals surface area contributed by atoms with Crippen LogP contribution in [0, 0.1) is 11.6 Å². The molecule has 1 aromatic heterocycles. The lowest BCUT2D eigenvalue weighted by Crippen LogP contribution is -2.27. The third-order valence-electron chi connectivity index (χ3n) is 3.53. The Hall–Kier alpha value is -2.06. The van der Waals surface area contributed by atoms with Gasteiger partial charge in [-0.15, -0.1) is 0 Å². The number of anilines is 1. The molecule has 24 heavy (non-hydrogen) atoms. The highest BCUT2D eigenvalue weighted by atomic mass is 79.9. The van der Waals surface area contributed by atoms with Crippen LogP contribution in [0.3, 0.4) is 0 Å². The van der Waals surface area contributed by atoms with Crippen LogP contribution in [0.2, 0.25) is 0 Å². The number of rotatable bonds is 3. The standard InChI is InChI=1S/C16H11BrF2N2O2S/c1-21(16-5-2-11(17)8-14(16)19)24(22,23)13-7-10-6-12(18)3-4-15(10)20-9-13/h2-9H,1H3. The smallest absolute Gasteiger partial charge is 0.265 e. The summed E-state index contributed by atoms with van der Waals surface area (Å²) in [7, 11) is -2.79. The summed E-state index contributed by atoms with van der Waals surface area (Å²) in [6.07, 6.45) is 1.17. The van der Waals surface area contributed by atoms with Gasteiger partial charge in [-0.3, -0.25) is 9.29 Å². The Labute approximate surface area is 145 Å². The van der Waals surface area contributed by atoms with Crippen molar-refractivity contribution in [3.8, 4) is 0 Å². The highest BCUT2D eigenvalue weighted by molar-refractivity contribution is 9.10. The van der Waals surface area contributed by atoms with Crippen molar-refractivity contribution in [2.75, 3.05) is 11.4 Å². The van der Waals surface area contributed by atoms with Gasteiger partial charge < -0.3 is 0 Å². The molecule has 0 spiro atoms. The molecule has 0 fully saturated rings. The molecule has 124 valence electrons. The molecule has 0 N–H and O–H groups in total. The topological polar surface area (TPSA) is 50.3 Å². The van der Waals surface area contributed by atoms with Gasteiger partial charge in [0.1, 0.15) is 16.5 Å². The lowest BCUT2D eigenvalue weighted by atomic mass is 10.2. The maximum Gasteiger partial charge on any atom is 0.265 e. The normalized spacial score (nSPS) is 11.7. The fourth-order valence-electron chi connectivity index (χ4n) is 2.25. The van der Waals surface area contributed by atoms with E-state index in [1.165, 1.54) is 49.6 Å². The minimum atomic E-state index is -4.04. The van der Waals surface area contributed by atoms with Crippen molar-refractivity contribution in [2.45, 2.75) is 4.90 Å². The Morgan fingerprint density at radius 1 is 1.08 bits per heavy atom. The van der Waals surface area contributed by atoms with E-state index in [4.69, 9.17) is 0 Å². The molecule has 0 atom stereocenters. The molecule has 3 rings (SSSR count). The van der Waals surface area contributed by atoms with Crippen molar-refractivity contribution in [1.29, 1.82) is 0 Å². The Balaban J connectivity index is 2.09. The summed E-state index contributed by atoms with van der Waals surface area (Å²) >= 11 is 3.12. The summed E-state index contributed by atoms with van der Waals surface area (Å²) in [4.78, 5) is 3.88. The summed E-state index contributed by atoms with van der Waals surface area (Å²) in [5.41, 5.74) is 0.366. The number of fused-ring (bicyclic) bond motifs is 1. The predicted octanol–water partition coefficient (Wildman–Crippen LogP) is 4.10. The first-order chi connectivity index (χ1) is 11.3. The summed E-state index contributed by atoms with van der Waals surface area (Å²) in [6.45, 7) is 0. The molecule has 0 aliphatic rings. The van der Waals surface area contributed by atoms with Gasteiger partial charge in [0.25, 0.3) is 10.0 Å². The van der Waals surface area contributed by atoms with Crippen LogP contribution in [0.25, 0.3) is 10.9 Å². The van der Waals surface area contributed by atoms with Crippen LogP contribution in [0.5, 0.6) is 0 Å². The van der Waals surface area contributed by atoms with Crippen LogP contribution in [-0.4, -0.2) is 20.4 Å². The molecule has 8 heteroatoms. The third-order valence-corrected chi connectivity index (χ3v) is 5.76. The van der Waals surface area contributed by atoms with Crippen LogP contribution in [-0.2, 0) is 10.0 Å². The number of aromatic nitrogens is 1. The number of sulfonamides is 1. The minimum absolute atomic E-state index is 0.0995. The molecule has 2 aromatic carbocycles. The zero-order chi connectivity index (χ0) is 17.5. The van der Waals surface area contributed by atoms with Crippen LogP contribution in [0.15, 0.2) is 58.0 Å². The largest absolute Gasteiger partial charge is 0.266 e. The van der Waals surface area contributed by atoms with Gasteiger partial charge in [-0.25, -0.2) is 17.2 Å². The highest BCUT2D eigenvalue weighted by Crippen LogP contribution is 2.28. The van der Waals surface area contributed by atoms with Gasteiger partial charge >= 0.3 is 0 Å². The van der Waals surface area contributed by atoms with Crippen molar-refractivity contribution >= 4 is 42.5 Å². The van der Waals surface area contributed by atoms with Crippen molar-refractivity contribution in [2.24, 2.45) is 0 Å². The number of halogens is 3. The van der Waals surface area contributed by atoms with E-state index in [0.717, 1.165) is 4.31 Å². The van der Waals surface area contributed by atoms with E-state index in [2.05, 4.69) is 20.9 Å². The molecule has 0 saturated heterocycles. The van der Waals surface area contributed by atoms with Gasteiger partial charge in [-0.1, -0.05) is 15.9 Å². The lowest BCUT2D eigenvalue weighted by Gasteiger charge is -2.20. The van der Waals surface area contributed by atoms with Gasteiger partial charge in [0, 0.05) is 23.1 Å². The average Bonchev–Trinajstić information content (AvgIpc) is 2.53. The number of pyridine rings is 1. The molecule has 1 heterocycles. The van der Waals surface area contributed by atoms with Gasteiger partial charge in [0.15, 0.2) is 0 Å². The van der Waals surface area contributed by atoms with Crippen LogP contribution >= 0.6 is 15.9 Å². The van der Waals surface area contributed by atoms with E-state index in [-0.39, 0.29) is 10.6 Å². The highest BCUT2D eigenvalue weighted by Gasteiger charge is 2.24. The molecule has 0 bridgehead atoms. The molecule has 0 amide bonds. The van der Waals surface area contributed by atoms with Crippen LogP contribution < -0.4 is 4.31 Å². The zero-order valence-electron chi connectivity index (χ0n) is 12.4. The van der Waals surface area contributed by atoms with E-state index in [0.29, 0.717) is 15.4 Å². The predicted molar refractivity (Wildman–Crippen MR) is 91.4 cm³/mol. The zero-order valence-corrected chi connectivity index (χ0v) is 14.8. The van der Waals surface area contributed by atoms with Crippen LogP contribution in [0.1, 0.15) is 0 Å². The maximum absolute atomic E-state index is 14.1. The Morgan fingerprint density at radius 2 is 1.83 bits per heavy atom. The molecule has 0 aliphatic carbocycles. The van der Waals surface area contributed by atoms with E-state index in [9.17, 15) is 17.2 Å². The second kappa shape index (κ2) is 6.10. The van der Waals surface area contributed by atoms with E-state index in [1.807, 2.05) is 0 Å². The molecular formula is C16H11BrF2N2O2S. The first kappa shape index (κ1) is 16.8. The molecule has 0 saturated carbocycles. The van der Waals surface area contributed by atoms with Gasteiger partial charge in [-0.2, -0.15) is 0 Å². The van der Waals surface area contributed by atoms with Crippen molar-refractivity contribution in [3.05, 3.63) is 64.8 Å². The maximum atomic E-state index is 14.1. The van der Waals surface area contributed by atoms with E-state index >= 15 is 0 Å². The first-order valence-electron chi connectivity index (χ1n) is 6.78. The van der Waals surface area contributed by atoms with E-state index < -0.39 is 21.7 Å². The molecule has 0 unspecified atom stereocenters. The van der Waals surface area contributed by atoms with Gasteiger partial charge in [0.2, 0.25) is 0 Å². The molecule has 0 aliphatic heterocycles. The third kappa shape index (κ3) is 2.99. The molecule has 3 aromatic rings. The van der Waals surface area contributed by atoms with Gasteiger partial charge in [-0.05, 0) is 42.5 Å². The number of nitrogens with zero attached hydrogens (tertiary/aromatic N) is 2. The Kier molecular flexibility index (Phi) is 4.27. The quantitative estimate of drug-likeness (QED) is 0.650. The Bertz CT molecular complexity index is 1040. The van der Waals surface area contributed by atoms with E-state index in [1.54, 1.807) is 6.07 Å². The second-order valence-corrected chi connectivity index (χ2v) is 7.96. The number of benzene rings is 2. The van der Waals surface area contributed by atoms with Gasteiger partial charge in [0.05, 0.1) is 11.2 Å². The van der Waals surface area contributed by atoms with Crippen molar-refractivity contribution in [3.63, 3.8) is 0 Å². The van der Waals surface area contributed by atoms with Crippen LogP contribution in [0.4, 0.5) is 14.5 Å². The molecular weight excluding hydrogens is 402 g/mol. The second-order valence-electron chi connectivity index (χ2n) is 5.08. The first-order valence-corrected chi connectivity index (χ1v) is 9.01. The van der Waals surface area contributed by atoms with Crippen molar-refractivity contribution in [1.82, 2.24) is 4.98 Å². The fourth-order valence-corrected chi connectivity index (χ4v) is 3.77. The lowest BCUT2D eigenvalue weighted by molar-refractivity contribution is 0.589. The summed E-state index contributed by atoms with van der Waals surface area (Å²) in [5.74, 6) is -1.18. The number of hydrogen-bond acceptors (Lipinski definition) is 3. The Morgan fingerprint density at radius 3 is 2.54 bits per heavy atom. The monoisotopic (exact) mass is 412 g/mol. The van der Waals surface area contributed by atoms with Crippen molar-refractivity contribution < 1.29 is 17.2 Å². The fraction of sp³-hybridized carbons (Fsp3) is 0.0625. The summed E-state index contributed by atoms with van der Waals surface area (Å²) < 4.78 is 54.1. The minimum Gasteiger partial charge on any atom is -0.266 e. The average molecular weight is 413 g/mol. The SMILES string of the molecule is CN(c1ccc(Br)cc1F)S(=O)(=O)c1cnc2ccc(F)cc2c1.